The molecule has 0 bridgehead atoms. The van der Waals surface area contributed by atoms with Crippen molar-refractivity contribution >= 4 is 22.6 Å². The number of aromatic nitrogens is 4. The number of rotatable bonds is 3. The van der Waals surface area contributed by atoms with Crippen molar-refractivity contribution in [3.8, 4) is 22.8 Å². The first-order valence-corrected chi connectivity index (χ1v) is 8.25. The molecule has 4 aromatic rings. The van der Waals surface area contributed by atoms with Crippen molar-refractivity contribution in [2.24, 2.45) is 0 Å². The summed E-state index contributed by atoms with van der Waals surface area (Å²) in [6.07, 6.45) is 0. The summed E-state index contributed by atoms with van der Waals surface area (Å²) < 4.78 is 7.06. The second kappa shape index (κ2) is 5.89. The number of nitrogens with zero attached hydrogens (tertiary/aromatic N) is 3. The fourth-order valence-corrected chi connectivity index (χ4v) is 3.05. The maximum Gasteiger partial charge on any atom is 0.326 e. The van der Waals surface area contributed by atoms with Crippen LogP contribution in [-0.2, 0) is 0 Å². The number of imidazole rings is 1. The van der Waals surface area contributed by atoms with Crippen molar-refractivity contribution in [3.63, 3.8) is 0 Å². The quantitative estimate of drug-likeness (QED) is 0.595. The van der Waals surface area contributed by atoms with Gasteiger partial charge in [0.15, 0.2) is 0 Å². The first-order valence-electron chi connectivity index (χ1n) is 7.87. The van der Waals surface area contributed by atoms with E-state index in [1.807, 2.05) is 44.2 Å². The van der Waals surface area contributed by atoms with Crippen molar-refractivity contribution in [2.75, 3.05) is 0 Å². The summed E-state index contributed by atoms with van der Waals surface area (Å²) in [6.45, 7) is 3.94. The first kappa shape index (κ1) is 15.7. The lowest BCUT2D eigenvalue weighted by atomic mass is 10.2. The van der Waals surface area contributed by atoms with E-state index >= 15 is 0 Å². The minimum absolute atomic E-state index is 0.0757. The predicted molar refractivity (Wildman–Crippen MR) is 96.7 cm³/mol. The lowest BCUT2D eigenvalue weighted by molar-refractivity contribution is 0.432. The second-order valence-corrected chi connectivity index (χ2v) is 6.50. The van der Waals surface area contributed by atoms with Crippen LogP contribution in [0.2, 0.25) is 5.02 Å². The summed E-state index contributed by atoms with van der Waals surface area (Å²) in [5, 5.41) is 4.64. The number of H-pyrrole nitrogens is 1. The minimum atomic E-state index is -0.130. The average Bonchev–Trinajstić information content (AvgIpc) is 3.17. The van der Waals surface area contributed by atoms with Crippen LogP contribution in [-0.4, -0.2) is 19.7 Å². The number of benzene rings is 2. The second-order valence-electron chi connectivity index (χ2n) is 6.06. The maximum atomic E-state index is 12.1. The van der Waals surface area contributed by atoms with Crippen LogP contribution < -0.4 is 5.69 Å². The highest BCUT2D eigenvalue weighted by molar-refractivity contribution is 6.30. The minimum Gasteiger partial charge on any atom is -0.334 e. The van der Waals surface area contributed by atoms with Crippen LogP contribution in [0, 0.1) is 0 Å². The van der Waals surface area contributed by atoms with Gasteiger partial charge in [0.05, 0.1) is 11.0 Å². The van der Waals surface area contributed by atoms with E-state index in [0.29, 0.717) is 16.7 Å². The fourth-order valence-electron chi connectivity index (χ4n) is 2.86. The lowest BCUT2D eigenvalue weighted by Gasteiger charge is -2.06. The van der Waals surface area contributed by atoms with Crippen molar-refractivity contribution < 1.29 is 4.52 Å². The third-order valence-corrected chi connectivity index (χ3v) is 4.22. The lowest BCUT2D eigenvalue weighted by Crippen LogP contribution is -2.18. The van der Waals surface area contributed by atoms with Gasteiger partial charge >= 0.3 is 5.69 Å². The average molecular weight is 355 g/mol. The van der Waals surface area contributed by atoms with E-state index in [0.717, 1.165) is 22.2 Å². The maximum absolute atomic E-state index is 12.1. The highest BCUT2D eigenvalue weighted by Gasteiger charge is 2.14. The fraction of sp³-hybridized carbons (Fsp3) is 0.167. The largest absolute Gasteiger partial charge is 0.334 e. The molecule has 0 radical (unpaired) electrons. The molecular weight excluding hydrogens is 340 g/mol. The van der Waals surface area contributed by atoms with Crippen molar-refractivity contribution in [1.82, 2.24) is 19.7 Å². The number of fused-ring (bicyclic) bond motifs is 1. The molecule has 0 aliphatic rings. The van der Waals surface area contributed by atoms with E-state index in [1.54, 1.807) is 16.7 Å². The molecule has 0 saturated heterocycles. The number of hydrogen-bond acceptors (Lipinski definition) is 4. The van der Waals surface area contributed by atoms with Crippen LogP contribution in [0.3, 0.4) is 0 Å². The van der Waals surface area contributed by atoms with Crippen LogP contribution in [0.25, 0.3) is 33.9 Å². The summed E-state index contributed by atoms with van der Waals surface area (Å²) >= 11 is 6.00. The van der Waals surface area contributed by atoms with Gasteiger partial charge in [-0.2, -0.15) is 4.98 Å². The standard InChI is InChI=1S/C18H15ClN4O2/c1-10(2)23-15-7-6-11(9-14(15)20-18(23)24)16-21-17(25-22-16)12-4-3-5-13(19)8-12/h3-10H,1-2H3,(H,20,24). The van der Waals surface area contributed by atoms with Crippen molar-refractivity contribution in [1.29, 1.82) is 0 Å². The zero-order valence-corrected chi connectivity index (χ0v) is 14.4. The Labute approximate surface area is 148 Å². The SMILES string of the molecule is CC(C)n1c(=O)[nH]c2cc(-c3noc(-c4cccc(Cl)c4)n3)ccc21. The summed E-state index contributed by atoms with van der Waals surface area (Å²) in [5.41, 5.74) is 2.98. The van der Waals surface area contributed by atoms with Gasteiger partial charge < -0.3 is 9.51 Å². The normalized spacial score (nSPS) is 11.5. The summed E-state index contributed by atoms with van der Waals surface area (Å²) in [4.78, 5) is 19.4. The molecule has 0 aliphatic carbocycles. The van der Waals surface area contributed by atoms with Crippen molar-refractivity contribution in [2.45, 2.75) is 19.9 Å². The van der Waals surface area contributed by atoms with Gasteiger partial charge in [-0.05, 0) is 50.2 Å². The van der Waals surface area contributed by atoms with Gasteiger partial charge in [0.25, 0.3) is 5.89 Å². The molecule has 0 atom stereocenters. The van der Waals surface area contributed by atoms with Gasteiger partial charge in [-0.3, -0.25) is 4.57 Å². The molecule has 0 unspecified atom stereocenters. The Kier molecular flexibility index (Phi) is 3.69. The Morgan fingerprint density at radius 3 is 2.76 bits per heavy atom. The first-order chi connectivity index (χ1) is 12.0. The third-order valence-electron chi connectivity index (χ3n) is 3.99. The third kappa shape index (κ3) is 2.74. The Morgan fingerprint density at radius 1 is 1.16 bits per heavy atom. The molecule has 2 aromatic heterocycles. The molecule has 0 fully saturated rings. The molecule has 126 valence electrons. The molecule has 0 aliphatic heterocycles. The Bertz CT molecular complexity index is 1120. The summed E-state index contributed by atoms with van der Waals surface area (Å²) in [6, 6.07) is 12.9. The topological polar surface area (TPSA) is 76.7 Å². The van der Waals surface area contributed by atoms with E-state index in [2.05, 4.69) is 15.1 Å². The number of halogens is 1. The molecule has 0 amide bonds. The summed E-state index contributed by atoms with van der Waals surface area (Å²) in [5.74, 6) is 0.848. The molecule has 4 rings (SSSR count). The highest BCUT2D eigenvalue weighted by Crippen LogP contribution is 2.26. The van der Waals surface area contributed by atoms with Crippen LogP contribution in [0.5, 0.6) is 0 Å². The molecule has 0 saturated carbocycles. The zero-order valence-electron chi connectivity index (χ0n) is 13.7. The molecule has 1 N–H and O–H groups in total. The molecule has 0 spiro atoms. The smallest absolute Gasteiger partial charge is 0.326 e. The van der Waals surface area contributed by atoms with Crippen LogP contribution in [0.4, 0.5) is 0 Å². The molecule has 2 aromatic carbocycles. The number of nitrogens with one attached hydrogen (secondary N) is 1. The molecule has 7 heteroatoms. The molecular formula is C18H15ClN4O2. The molecule has 25 heavy (non-hydrogen) atoms. The number of hydrogen-bond donors (Lipinski definition) is 1. The molecule has 6 nitrogen and oxygen atoms in total. The van der Waals surface area contributed by atoms with E-state index < -0.39 is 0 Å². The van der Waals surface area contributed by atoms with Gasteiger partial charge in [-0.25, -0.2) is 4.79 Å². The zero-order chi connectivity index (χ0) is 17.6. The highest BCUT2D eigenvalue weighted by atomic mass is 35.5. The van der Waals surface area contributed by atoms with E-state index in [4.69, 9.17) is 16.1 Å². The van der Waals surface area contributed by atoms with E-state index in [9.17, 15) is 4.79 Å². The van der Waals surface area contributed by atoms with Gasteiger partial charge in [-0.1, -0.05) is 22.8 Å². The van der Waals surface area contributed by atoms with Gasteiger partial charge in [0.2, 0.25) is 5.82 Å². The van der Waals surface area contributed by atoms with Gasteiger partial charge in [0, 0.05) is 22.2 Å². The van der Waals surface area contributed by atoms with Gasteiger partial charge in [-0.15, -0.1) is 0 Å². The van der Waals surface area contributed by atoms with Crippen LogP contribution in [0.1, 0.15) is 19.9 Å². The Morgan fingerprint density at radius 2 is 2.00 bits per heavy atom. The summed E-state index contributed by atoms with van der Waals surface area (Å²) in [7, 11) is 0. The Hall–Kier alpha value is -2.86. The number of aromatic amines is 1. The van der Waals surface area contributed by atoms with Gasteiger partial charge in [0.1, 0.15) is 0 Å². The van der Waals surface area contributed by atoms with Crippen LogP contribution in [0.15, 0.2) is 51.8 Å². The van der Waals surface area contributed by atoms with E-state index in [-0.39, 0.29) is 11.7 Å². The Balaban J connectivity index is 1.77. The monoisotopic (exact) mass is 354 g/mol. The predicted octanol–water partition coefficient (Wildman–Crippen LogP) is 4.28. The van der Waals surface area contributed by atoms with Crippen molar-refractivity contribution in [3.05, 3.63) is 58.0 Å². The van der Waals surface area contributed by atoms with E-state index in [1.165, 1.54) is 0 Å². The molecule has 2 heterocycles. The van der Waals surface area contributed by atoms with Crippen LogP contribution >= 0.6 is 11.6 Å².